The zero-order valence-corrected chi connectivity index (χ0v) is 16.7. The highest BCUT2D eigenvalue weighted by molar-refractivity contribution is 6.11. The summed E-state index contributed by atoms with van der Waals surface area (Å²) in [6, 6.07) is 13.5. The number of carboxylic acids is 1. The molecule has 150 valence electrons. The maximum absolute atomic E-state index is 12.7. The van der Waals surface area contributed by atoms with Gasteiger partial charge in [-0.25, -0.2) is 4.79 Å². The van der Waals surface area contributed by atoms with Crippen LogP contribution in [0.3, 0.4) is 0 Å². The lowest BCUT2D eigenvalue weighted by molar-refractivity contribution is 0.0692. The van der Waals surface area contributed by atoms with Gasteiger partial charge >= 0.3 is 5.97 Å². The lowest BCUT2D eigenvalue weighted by Gasteiger charge is -2.19. The van der Waals surface area contributed by atoms with E-state index in [0.29, 0.717) is 12.3 Å². The van der Waals surface area contributed by atoms with Crippen molar-refractivity contribution in [1.29, 1.82) is 0 Å². The molecule has 1 amide bonds. The Morgan fingerprint density at radius 1 is 0.893 bits per heavy atom. The van der Waals surface area contributed by atoms with Crippen LogP contribution in [0.1, 0.15) is 66.2 Å². The van der Waals surface area contributed by atoms with E-state index in [4.69, 9.17) is 4.74 Å². The second kappa shape index (κ2) is 11.1. The normalized spacial score (nSPS) is 10.5. The molecule has 2 rings (SSSR count). The third-order valence-corrected chi connectivity index (χ3v) is 4.68. The van der Waals surface area contributed by atoms with Crippen LogP contribution in [0, 0.1) is 0 Å². The van der Waals surface area contributed by atoms with Gasteiger partial charge < -0.3 is 14.7 Å². The summed E-state index contributed by atoms with van der Waals surface area (Å²) in [4.78, 5) is 25.5. The Morgan fingerprint density at radius 2 is 1.50 bits per heavy atom. The molecule has 0 saturated heterocycles. The standard InChI is InChI=1S/C23H29NO4/c1-3-4-5-6-7-10-17-28-19-15-13-18(14-16-19)24(2)22(25)20-11-8-9-12-21(20)23(26)27/h8-9,11-16H,3-7,10,17H2,1-2H3,(H,26,27). The number of carbonyl (C=O) groups is 2. The zero-order chi connectivity index (χ0) is 20.4. The van der Waals surface area contributed by atoms with Crippen LogP contribution in [0.4, 0.5) is 5.69 Å². The first-order valence-electron chi connectivity index (χ1n) is 9.87. The molecule has 0 radical (unpaired) electrons. The van der Waals surface area contributed by atoms with Crippen molar-refractivity contribution < 1.29 is 19.4 Å². The number of carboxylic acid groups (broad SMARTS) is 1. The van der Waals surface area contributed by atoms with Crippen LogP contribution in [0.5, 0.6) is 5.75 Å². The van der Waals surface area contributed by atoms with Crippen LogP contribution in [-0.2, 0) is 0 Å². The maximum atomic E-state index is 12.7. The van der Waals surface area contributed by atoms with Gasteiger partial charge in [0.05, 0.1) is 17.7 Å². The van der Waals surface area contributed by atoms with Gasteiger partial charge in [0.15, 0.2) is 0 Å². The first-order valence-corrected chi connectivity index (χ1v) is 9.87. The van der Waals surface area contributed by atoms with E-state index in [1.807, 2.05) is 12.1 Å². The second-order valence-electron chi connectivity index (χ2n) is 6.83. The van der Waals surface area contributed by atoms with E-state index in [-0.39, 0.29) is 17.0 Å². The summed E-state index contributed by atoms with van der Waals surface area (Å²) in [5, 5.41) is 9.28. The molecule has 0 aliphatic carbocycles. The molecule has 0 atom stereocenters. The van der Waals surface area contributed by atoms with Gasteiger partial charge in [-0.1, -0.05) is 51.2 Å². The number of hydrogen-bond acceptors (Lipinski definition) is 3. The molecule has 0 saturated carbocycles. The van der Waals surface area contributed by atoms with Gasteiger partial charge in [0, 0.05) is 12.7 Å². The summed E-state index contributed by atoms with van der Waals surface area (Å²) in [6.45, 7) is 2.90. The molecule has 2 aromatic rings. The van der Waals surface area contributed by atoms with Crippen LogP contribution >= 0.6 is 0 Å². The fraction of sp³-hybridized carbons (Fsp3) is 0.391. The molecule has 0 spiro atoms. The van der Waals surface area contributed by atoms with Gasteiger partial charge in [-0.2, -0.15) is 0 Å². The number of aromatic carboxylic acids is 1. The minimum atomic E-state index is -1.12. The van der Waals surface area contributed by atoms with Gasteiger partial charge in [-0.3, -0.25) is 4.79 Å². The summed E-state index contributed by atoms with van der Waals surface area (Å²) in [5.74, 6) is -0.710. The Kier molecular flexibility index (Phi) is 8.53. The van der Waals surface area contributed by atoms with Crippen molar-refractivity contribution in [3.8, 4) is 5.75 Å². The van der Waals surface area contributed by atoms with Crippen LogP contribution in [0.25, 0.3) is 0 Å². The number of benzene rings is 2. The monoisotopic (exact) mass is 383 g/mol. The van der Waals surface area contributed by atoms with Crippen molar-refractivity contribution in [2.24, 2.45) is 0 Å². The number of hydrogen-bond donors (Lipinski definition) is 1. The van der Waals surface area contributed by atoms with Crippen molar-refractivity contribution in [1.82, 2.24) is 0 Å². The highest BCUT2D eigenvalue weighted by Gasteiger charge is 2.20. The topological polar surface area (TPSA) is 66.8 Å². The highest BCUT2D eigenvalue weighted by atomic mass is 16.5. The van der Waals surface area contributed by atoms with E-state index in [0.717, 1.165) is 12.2 Å². The van der Waals surface area contributed by atoms with Gasteiger partial charge in [0.25, 0.3) is 5.91 Å². The SMILES string of the molecule is CCCCCCCCOc1ccc(N(C)C(=O)c2ccccc2C(=O)O)cc1. The van der Waals surface area contributed by atoms with E-state index in [1.165, 1.54) is 49.1 Å². The lowest BCUT2D eigenvalue weighted by Crippen LogP contribution is -2.27. The number of anilines is 1. The van der Waals surface area contributed by atoms with Crippen LogP contribution < -0.4 is 9.64 Å². The lowest BCUT2D eigenvalue weighted by atomic mass is 10.1. The number of unbranched alkanes of at least 4 members (excludes halogenated alkanes) is 5. The highest BCUT2D eigenvalue weighted by Crippen LogP contribution is 2.21. The third kappa shape index (κ3) is 6.12. The largest absolute Gasteiger partial charge is 0.494 e. The number of nitrogens with zero attached hydrogens (tertiary/aromatic N) is 1. The number of carbonyl (C=O) groups excluding carboxylic acids is 1. The predicted molar refractivity (Wildman–Crippen MR) is 111 cm³/mol. The maximum Gasteiger partial charge on any atom is 0.336 e. The van der Waals surface area contributed by atoms with Gasteiger partial charge in [0.2, 0.25) is 0 Å². The van der Waals surface area contributed by atoms with Gasteiger partial charge in [-0.15, -0.1) is 0 Å². The number of amides is 1. The minimum absolute atomic E-state index is 0.00163. The van der Waals surface area contributed by atoms with Crippen LogP contribution in [0.15, 0.2) is 48.5 Å². The Balaban J connectivity index is 1.90. The van der Waals surface area contributed by atoms with Gasteiger partial charge in [-0.05, 0) is 42.8 Å². The number of ether oxygens (including phenoxy) is 1. The molecule has 0 aromatic heterocycles. The molecular weight excluding hydrogens is 354 g/mol. The molecule has 0 unspecified atom stereocenters. The molecule has 0 aliphatic rings. The molecule has 0 heterocycles. The summed E-state index contributed by atoms with van der Waals surface area (Å²) in [6.07, 6.45) is 7.30. The molecule has 28 heavy (non-hydrogen) atoms. The van der Waals surface area contributed by atoms with E-state index < -0.39 is 5.97 Å². The van der Waals surface area contributed by atoms with Crippen molar-refractivity contribution in [3.05, 3.63) is 59.7 Å². The van der Waals surface area contributed by atoms with Crippen LogP contribution in [-0.4, -0.2) is 30.6 Å². The summed E-state index contributed by atoms with van der Waals surface area (Å²) >= 11 is 0. The summed E-state index contributed by atoms with van der Waals surface area (Å²) < 4.78 is 5.76. The summed E-state index contributed by atoms with van der Waals surface area (Å²) in [7, 11) is 1.63. The Hall–Kier alpha value is -2.82. The molecular formula is C23H29NO4. The van der Waals surface area contributed by atoms with E-state index in [1.54, 1.807) is 31.3 Å². The molecule has 0 aliphatic heterocycles. The van der Waals surface area contributed by atoms with Crippen molar-refractivity contribution in [3.63, 3.8) is 0 Å². The summed E-state index contributed by atoms with van der Waals surface area (Å²) in [5.41, 5.74) is 0.844. The Bertz CT molecular complexity index is 770. The van der Waals surface area contributed by atoms with Crippen molar-refractivity contribution in [2.45, 2.75) is 45.4 Å². The smallest absolute Gasteiger partial charge is 0.336 e. The predicted octanol–water partition coefficient (Wildman–Crippen LogP) is 5.40. The first kappa shape index (κ1) is 21.5. The van der Waals surface area contributed by atoms with Gasteiger partial charge in [0.1, 0.15) is 5.75 Å². The fourth-order valence-electron chi connectivity index (χ4n) is 2.99. The van der Waals surface area contributed by atoms with E-state index in [9.17, 15) is 14.7 Å². The van der Waals surface area contributed by atoms with E-state index >= 15 is 0 Å². The quantitative estimate of drug-likeness (QED) is 0.528. The van der Waals surface area contributed by atoms with Crippen LogP contribution in [0.2, 0.25) is 0 Å². The zero-order valence-electron chi connectivity index (χ0n) is 16.7. The molecule has 1 N–H and O–H groups in total. The average molecular weight is 383 g/mol. The van der Waals surface area contributed by atoms with Crippen molar-refractivity contribution in [2.75, 3.05) is 18.6 Å². The molecule has 2 aromatic carbocycles. The molecule has 5 nitrogen and oxygen atoms in total. The minimum Gasteiger partial charge on any atom is -0.494 e. The molecule has 0 fully saturated rings. The van der Waals surface area contributed by atoms with Crippen molar-refractivity contribution >= 4 is 17.6 Å². The average Bonchev–Trinajstić information content (AvgIpc) is 2.72. The Morgan fingerprint density at radius 3 is 2.14 bits per heavy atom. The first-order chi connectivity index (χ1) is 13.5. The molecule has 5 heteroatoms. The fourth-order valence-corrected chi connectivity index (χ4v) is 2.99. The van der Waals surface area contributed by atoms with E-state index in [2.05, 4.69) is 6.92 Å². The third-order valence-electron chi connectivity index (χ3n) is 4.68. The molecule has 0 bridgehead atoms. The second-order valence-corrected chi connectivity index (χ2v) is 6.83. The number of rotatable bonds is 11. The Labute approximate surface area is 166 Å².